The number of carbonyl (C=O) groups excluding carboxylic acids is 1. The van der Waals surface area contributed by atoms with Crippen molar-refractivity contribution in [2.75, 3.05) is 7.11 Å². The largest absolute Gasteiger partial charge is 0.496 e. The monoisotopic (exact) mass is 447 g/mol. The summed E-state index contributed by atoms with van der Waals surface area (Å²) in [6.45, 7) is 5.23. The van der Waals surface area contributed by atoms with Crippen molar-refractivity contribution < 1.29 is 14.3 Å². The normalized spacial score (nSPS) is 12.8. The zero-order chi connectivity index (χ0) is 22.2. The molecule has 1 aliphatic rings. The number of esters is 1. The minimum atomic E-state index is -0.258. The van der Waals surface area contributed by atoms with E-state index in [4.69, 9.17) is 14.5 Å². The minimum absolute atomic E-state index is 0.207. The van der Waals surface area contributed by atoms with Gasteiger partial charge in [0, 0.05) is 17.8 Å². The lowest BCUT2D eigenvalue weighted by atomic mass is 10.1. The average Bonchev–Trinajstić information content (AvgIpc) is 3.47. The molecule has 0 radical (unpaired) electrons. The van der Waals surface area contributed by atoms with Crippen LogP contribution in [0.15, 0.2) is 36.4 Å². The van der Waals surface area contributed by atoms with Gasteiger partial charge in [0.05, 0.1) is 35.8 Å². The van der Waals surface area contributed by atoms with Crippen LogP contribution in [0, 0.1) is 13.8 Å². The molecule has 0 spiro atoms. The second-order valence-corrected chi connectivity index (χ2v) is 9.26. The third-order valence-corrected chi connectivity index (χ3v) is 7.05. The van der Waals surface area contributed by atoms with Gasteiger partial charge < -0.3 is 14.0 Å². The molecule has 1 aliphatic heterocycles. The molecule has 0 saturated carbocycles. The van der Waals surface area contributed by atoms with E-state index in [1.807, 2.05) is 44.2 Å². The number of carbonyl (C=O) groups is 1. The molecule has 0 aliphatic carbocycles. The van der Waals surface area contributed by atoms with Crippen LogP contribution in [-0.4, -0.2) is 27.6 Å². The number of benzene rings is 2. The Hall–Kier alpha value is -3.19. The number of thiazole rings is 1. The van der Waals surface area contributed by atoms with E-state index in [0.29, 0.717) is 0 Å². The zero-order valence-corrected chi connectivity index (χ0v) is 19.3. The predicted molar refractivity (Wildman–Crippen MR) is 125 cm³/mol. The van der Waals surface area contributed by atoms with Crippen molar-refractivity contribution in [1.29, 1.82) is 0 Å². The lowest BCUT2D eigenvalue weighted by molar-refractivity contribution is -0.144. The van der Waals surface area contributed by atoms with E-state index in [0.717, 1.165) is 74.3 Å². The van der Waals surface area contributed by atoms with Crippen LogP contribution in [0.5, 0.6) is 5.75 Å². The van der Waals surface area contributed by atoms with Crippen molar-refractivity contribution in [2.45, 2.75) is 46.3 Å². The molecule has 2 aromatic carbocycles. The van der Waals surface area contributed by atoms with E-state index < -0.39 is 0 Å². The molecule has 0 unspecified atom stereocenters. The van der Waals surface area contributed by atoms with Crippen LogP contribution in [-0.2, 0) is 35.5 Å². The number of methoxy groups -OCH3 is 1. The molecule has 2 aromatic heterocycles. The van der Waals surface area contributed by atoms with Gasteiger partial charge in [0.1, 0.15) is 23.2 Å². The summed E-state index contributed by atoms with van der Waals surface area (Å²) in [5, 5.41) is 0.848. The van der Waals surface area contributed by atoms with Gasteiger partial charge in [-0.1, -0.05) is 12.1 Å². The highest BCUT2D eigenvalue weighted by Crippen LogP contribution is 2.35. The smallest absolute Gasteiger partial charge is 0.311 e. The highest BCUT2D eigenvalue weighted by Gasteiger charge is 2.18. The molecule has 0 amide bonds. The van der Waals surface area contributed by atoms with E-state index >= 15 is 0 Å². The first kappa shape index (κ1) is 20.7. The van der Waals surface area contributed by atoms with E-state index in [2.05, 4.69) is 15.6 Å². The van der Waals surface area contributed by atoms with Crippen LogP contribution in [0.4, 0.5) is 0 Å². The Morgan fingerprint density at radius 3 is 2.88 bits per heavy atom. The SMILES string of the molecule is COc1cc(C)ccc1-c1nc(C)c(CC(=O)OCc2ccc3c(c2)nc2n3CCC2)s1. The van der Waals surface area contributed by atoms with Gasteiger partial charge in [-0.3, -0.25) is 4.79 Å². The molecule has 0 saturated heterocycles. The summed E-state index contributed by atoms with van der Waals surface area (Å²) in [7, 11) is 1.66. The first-order valence-electron chi connectivity index (χ1n) is 10.8. The molecule has 0 N–H and O–H groups in total. The zero-order valence-electron chi connectivity index (χ0n) is 18.5. The van der Waals surface area contributed by atoms with Gasteiger partial charge >= 0.3 is 5.97 Å². The van der Waals surface area contributed by atoms with E-state index in [1.54, 1.807) is 7.11 Å². The molecule has 5 rings (SSSR count). The number of ether oxygens (including phenoxy) is 2. The maximum Gasteiger partial charge on any atom is 0.311 e. The van der Waals surface area contributed by atoms with Gasteiger partial charge in [0.15, 0.2) is 0 Å². The first-order valence-corrected chi connectivity index (χ1v) is 11.6. The van der Waals surface area contributed by atoms with Crippen molar-refractivity contribution in [2.24, 2.45) is 0 Å². The molecular formula is C25H25N3O3S. The third-order valence-electron chi connectivity index (χ3n) is 5.86. The quantitative estimate of drug-likeness (QED) is 0.389. The number of rotatable bonds is 6. The topological polar surface area (TPSA) is 66.2 Å². The third kappa shape index (κ3) is 3.88. The van der Waals surface area contributed by atoms with Gasteiger partial charge in [0.2, 0.25) is 0 Å². The highest BCUT2D eigenvalue weighted by molar-refractivity contribution is 7.15. The molecule has 164 valence electrons. The number of fused-ring (bicyclic) bond motifs is 3. The molecule has 6 nitrogen and oxygen atoms in total. The maximum atomic E-state index is 12.5. The number of hydrogen-bond acceptors (Lipinski definition) is 6. The molecule has 0 bridgehead atoms. The summed E-state index contributed by atoms with van der Waals surface area (Å²) in [5.74, 6) is 1.68. The van der Waals surface area contributed by atoms with Crippen molar-refractivity contribution in [3.8, 4) is 16.3 Å². The Kier molecular flexibility index (Phi) is 5.43. The summed E-state index contributed by atoms with van der Waals surface area (Å²) < 4.78 is 13.4. The fourth-order valence-corrected chi connectivity index (χ4v) is 5.26. The van der Waals surface area contributed by atoms with E-state index in [-0.39, 0.29) is 19.0 Å². The van der Waals surface area contributed by atoms with E-state index in [1.165, 1.54) is 11.3 Å². The van der Waals surface area contributed by atoms with Crippen LogP contribution < -0.4 is 4.74 Å². The van der Waals surface area contributed by atoms with Crippen molar-refractivity contribution in [3.63, 3.8) is 0 Å². The number of nitrogens with zero attached hydrogens (tertiary/aromatic N) is 3. The second-order valence-electron chi connectivity index (χ2n) is 8.18. The van der Waals surface area contributed by atoms with E-state index in [9.17, 15) is 4.79 Å². The van der Waals surface area contributed by atoms with Crippen LogP contribution in [0.3, 0.4) is 0 Å². The summed E-state index contributed by atoms with van der Waals surface area (Å²) >= 11 is 1.51. The lowest BCUT2D eigenvalue weighted by Crippen LogP contribution is -2.07. The molecule has 4 aromatic rings. The minimum Gasteiger partial charge on any atom is -0.496 e. The number of imidazole rings is 1. The molecule has 3 heterocycles. The summed E-state index contributed by atoms with van der Waals surface area (Å²) in [6.07, 6.45) is 2.40. The lowest BCUT2D eigenvalue weighted by Gasteiger charge is -2.06. The van der Waals surface area contributed by atoms with Crippen molar-refractivity contribution in [3.05, 3.63) is 63.9 Å². The van der Waals surface area contributed by atoms with Crippen LogP contribution in [0.1, 0.15) is 33.9 Å². The highest BCUT2D eigenvalue weighted by atomic mass is 32.1. The Labute approximate surface area is 190 Å². The number of aryl methyl sites for hydroxylation is 4. The van der Waals surface area contributed by atoms with Gasteiger partial charge in [-0.15, -0.1) is 11.3 Å². The van der Waals surface area contributed by atoms with Crippen molar-refractivity contribution >= 4 is 28.3 Å². The van der Waals surface area contributed by atoms with Gasteiger partial charge in [-0.2, -0.15) is 0 Å². The first-order chi connectivity index (χ1) is 15.5. The van der Waals surface area contributed by atoms with Gasteiger partial charge in [0.25, 0.3) is 0 Å². The molecule has 0 fully saturated rings. The Morgan fingerprint density at radius 1 is 1.16 bits per heavy atom. The summed E-state index contributed by atoms with van der Waals surface area (Å²) in [4.78, 5) is 22.8. The number of hydrogen-bond donors (Lipinski definition) is 0. The van der Waals surface area contributed by atoms with Crippen LogP contribution >= 0.6 is 11.3 Å². The Bertz CT molecular complexity index is 1320. The standard InChI is InChI=1S/C25H25N3O3S/c1-15-6-8-18(21(11-15)30-3)25-26-16(2)22(32-25)13-24(29)31-14-17-7-9-20-19(12-17)27-23-5-4-10-28(20)23/h6-9,11-12H,4-5,10,13-14H2,1-3H3. The number of aromatic nitrogens is 3. The molecular weight excluding hydrogens is 422 g/mol. The average molecular weight is 448 g/mol. The Balaban J connectivity index is 1.26. The fourth-order valence-electron chi connectivity index (χ4n) is 4.18. The van der Waals surface area contributed by atoms with Gasteiger partial charge in [-0.25, -0.2) is 9.97 Å². The summed E-state index contributed by atoms with van der Waals surface area (Å²) in [6, 6.07) is 12.2. The van der Waals surface area contributed by atoms with Crippen LogP contribution in [0.25, 0.3) is 21.6 Å². The second kappa shape index (κ2) is 8.39. The maximum absolute atomic E-state index is 12.5. The van der Waals surface area contributed by atoms with Gasteiger partial charge in [-0.05, 0) is 55.7 Å². The fraction of sp³-hybridized carbons (Fsp3) is 0.320. The molecule has 7 heteroatoms. The molecule has 0 atom stereocenters. The van der Waals surface area contributed by atoms with Crippen LogP contribution in [0.2, 0.25) is 0 Å². The van der Waals surface area contributed by atoms with Crippen molar-refractivity contribution in [1.82, 2.24) is 14.5 Å². The predicted octanol–water partition coefficient (Wildman–Crippen LogP) is 5.02. The molecule has 32 heavy (non-hydrogen) atoms. The Morgan fingerprint density at radius 2 is 2.03 bits per heavy atom. The summed E-state index contributed by atoms with van der Waals surface area (Å²) in [5.41, 5.74) is 5.99.